The molecular weight excluding hydrogens is 262 g/mol. The quantitative estimate of drug-likeness (QED) is 0.783. The maximum absolute atomic E-state index is 12.4. The molecule has 0 saturated carbocycles. The highest BCUT2D eigenvalue weighted by atomic mass is 32.2. The fourth-order valence-corrected chi connectivity index (χ4v) is 5.49. The van der Waals surface area contributed by atoms with Crippen LogP contribution in [-0.4, -0.2) is 56.8 Å². The zero-order valence-corrected chi connectivity index (χ0v) is 12.3. The second-order valence-electron chi connectivity index (χ2n) is 6.17. The SMILES string of the molecule is O=S(=O)(NC1CCN2CCCC2C1)C1CCNCC1. The van der Waals surface area contributed by atoms with Crippen molar-refractivity contribution in [1.29, 1.82) is 0 Å². The van der Waals surface area contributed by atoms with Crippen molar-refractivity contribution in [2.24, 2.45) is 0 Å². The number of hydrogen-bond acceptors (Lipinski definition) is 4. The molecule has 3 heterocycles. The van der Waals surface area contributed by atoms with Gasteiger partial charge in [0.1, 0.15) is 0 Å². The van der Waals surface area contributed by atoms with Crippen LogP contribution in [-0.2, 0) is 10.0 Å². The lowest BCUT2D eigenvalue weighted by atomic mass is 9.99. The van der Waals surface area contributed by atoms with Crippen LogP contribution in [0.25, 0.3) is 0 Å². The lowest BCUT2D eigenvalue weighted by molar-refractivity contribution is 0.176. The first-order valence-electron chi connectivity index (χ1n) is 7.61. The number of piperidine rings is 2. The van der Waals surface area contributed by atoms with Crippen LogP contribution in [0.1, 0.15) is 38.5 Å². The topological polar surface area (TPSA) is 61.4 Å². The van der Waals surface area contributed by atoms with Crippen molar-refractivity contribution >= 4 is 10.0 Å². The van der Waals surface area contributed by atoms with Gasteiger partial charge in [0, 0.05) is 12.1 Å². The van der Waals surface area contributed by atoms with Gasteiger partial charge in [-0.3, -0.25) is 0 Å². The van der Waals surface area contributed by atoms with Gasteiger partial charge < -0.3 is 10.2 Å². The average molecular weight is 287 g/mol. The van der Waals surface area contributed by atoms with E-state index >= 15 is 0 Å². The average Bonchev–Trinajstić information content (AvgIpc) is 2.87. The van der Waals surface area contributed by atoms with Gasteiger partial charge in [0.15, 0.2) is 0 Å². The van der Waals surface area contributed by atoms with Crippen LogP contribution in [0, 0.1) is 0 Å². The summed E-state index contributed by atoms with van der Waals surface area (Å²) in [6.45, 7) is 3.92. The largest absolute Gasteiger partial charge is 0.317 e. The molecule has 3 fully saturated rings. The van der Waals surface area contributed by atoms with Crippen molar-refractivity contribution in [3.05, 3.63) is 0 Å². The number of rotatable bonds is 3. The van der Waals surface area contributed by atoms with Crippen LogP contribution in [0.15, 0.2) is 0 Å². The Morgan fingerprint density at radius 2 is 1.84 bits per heavy atom. The predicted molar refractivity (Wildman–Crippen MR) is 75.6 cm³/mol. The van der Waals surface area contributed by atoms with E-state index < -0.39 is 10.0 Å². The summed E-state index contributed by atoms with van der Waals surface area (Å²) in [5, 5.41) is 3.04. The van der Waals surface area contributed by atoms with Crippen molar-refractivity contribution in [3.8, 4) is 0 Å². The van der Waals surface area contributed by atoms with Gasteiger partial charge in [-0.2, -0.15) is 0 Å². The number of nitrogens with zero attached hydrogens (tertiary/aromatic N) is 1. The molecule has 0 bridgehead atoms. The summed E-state index contributed by atoms with van der Waals surface area (Å²) in [5.41, 5.74) is 0. The van der Waals surface area contributed by atoms with E-state index in [9.17, 15) is 8.42 Å². The maximum atomic E-state index is 12.4. The van der Waals surface area contributed by atoms with Crippen LogP contribution in [0.2, 0.25) is 0 Å². The van der Waals surface area contributed by atoms with Crippen molar-refractivity contribution in [2.45, 2.75) is 55.9 Å². The molecule has 5 nitrogen and oxygen atoms in total. The monoisotopic (exact) mass is 287 g/mol. The summed E-state index contributed by atoms with van der Waals surface area (Å²) in [6, 6.07) is 0.786. The molecule has 0 spiro atoms. The second-order valence-corrected chi connectivity index (χ2v) is 8.16. The van der Waals surface area contributed by atoms with Crippen molar-refractivity contribution in [3.63, 3.8) is 0 Å². The second kappa shape index (κ2) is 5.68. The molecule has 6 heteroatoms. The lowest BCUT2D eigenvalue weighted by Gasteiger charge is -2.36. The molecule has 0 aliphatic carbocycles. The van der Waals surface area contributed by atoms with Gasteiger partial charge in [0.05, 0.1) is 5.25 Å². The van der Waals surface area contributed by atoms with Gasteiger partial charge in [0.25, 0.3) is 0 Å². The van der Waals surface area contributed by atoms with Gasteiger partial charge in [0.2, 0.25) is 10.0 Å². The minimum Gasteiger partial charge on any atom is -0.317 e. The zero-order chi connectivity index (χ0) is 13.3. The molecule has 0 aromatic heterocycles. The Balaban J connectivity index is 1.58. The minimum atomic E-state index is -3.12. The van der Waals surface area contributed by atoms with Crippen LogP contribution in [0.3, 0.4) is 0 Å². The van der Waals surface area contributed by atoms with Gasteiger partial charge in [-0.15, -0.1) is 0 Å². The van der Waals surface area contributed by atoms with Gasteiger partial charge in [-0.1, -0.05) is 0 Å². The molecule has 0 amide bonds. The van der Waals surface area contributed by atoms with Gasteiger partial charge in [-0.25, -0.2) is 13.1 Å². The zero-order valence-electron chi connectivity index (χ0n) is 11.5. The fourth-order valence-electron chi connectivity index (χ4n) is 3.77. The Hall–Kier alpha value is -0.170. The Labute approximate surface area is 116 Å². The molecule has 3 aliphatic heterocycles. The molecule has 2 unspecified atom stereocenters. The highest BCUT2D eigenvalue weighted by Gasteiger charge is 2.35. The van der Waals surface area contributed by atoms with Crippen LogP contribution in [0.5, 0.6) is 0 Å². The van der Waals surface area contributed by atoms with E-state index in [2.05, 4.69) is 14.9 Å². The first kappa shape index (κ1) is 13.8. The Morgan fingerprint density at radius 3 is 2.63 bits per heavy atom. The first-order valence-corrected chi connectivity index (χ1v) is 9.16. The number of fused-ring (bicyclic) bond motifs is 1. The van der Waals surface area contributed by atoms with Gasteiger partial charge in [-0.05, 0) is 64.7 Å². The molecule has 3 rings (SSSR count). The molecule has 110 valence electrons. The fraction of sp³-hybridized carbons (Fsp3) is 1.00. The molecule has 19 heavy (non-hydrogen) atoms. The van der Waals surface area contributed by atoms with E-state index in [-0.39, 0.29) is 11.3 Å². The summed E-state index contributed by atoms with van der Waals surface area (Å²) in [5.74, 6) is 0. The molecule has 3 aliphatic rings. The third-order valence-electron chi connectivity index (χ3n) is 4.88. The summed E-state index contributed by atoms with van der Waals surface area (Å²) in [4.78, 5) is 2.52. The molecular formula is C13H25N3O2S. The van der Waals surface area contributed by atoms with Crippen molar-refractivity contribution in [1.82, 2.24) is 14.9 Å². The van der Waals surface area contributed by atoms with E-state index in [4.69, 9.17) is 0 Å². The first-order chi connectivity index (χ1) is 9.15. The number of sulfonamides is 1. The van der Waals surface area contributed by atoms with E-state index in [0.717, 1.165) is 45.3 Å². The molecule has 2 atom stereocenters. The summed E-state index contributed by atoms with van der Waals surface area (Å²) >= 11 is 0. The predicted octanol–water partition coefficient (Wildman–Crippen LogP) is 0.285. The molecule has 0 aromatic rings. The van der Waals surface area contributed by atoms with Crippen molar-refractivity contribution in [2.75, 3.05) is 26.2 Å². The smallest absolute Gasteiger partial charge is 0.214 e. The minimum absolute atomic E-state index is 0.166. The Bertz CT molecular complexity index is 406. The third-order valence-corrected chi connectivity index (χ3v) is 6.89. The van der Waals surface area contributed by atoms with E-state index in [1.807, 2.05) is 0 Å². The molecule has 0 radical (unpaired) electrons. The highest BCUT2D eigenvalue weighted by molar-refractivity contribution is 7.90. The van der Waals surface area contributed by atoms with Crippen LogP contribution < -0.4 is 10.0 Å². The number of nitrogens with one attached hydrogen (secondary N) is 2. The standard InChI is InChI=1S/C13H25N3O2S/c17-19(18,13-3-6-14-7-4-13)15-11-5-9-16-8-1-2-12(16)10-11/h11-15H,1-10H2. The van der Waals surface area contributed by atoms with Crippen LogP contribution >= 0.6 is 0 Å². The van der Waals surface area contributed by atoms with E-state index in [1.54, 1.807) is 0 Å². The highest BCUT2D eigenvalue weighted by Crippen LogP contribution is 2.27. The van der Waals surface area contributed by atoms with Gasteiger partial charge >= 0.3 is 0 Å². The Kier molecular flexibility index (Phi) is 4.12. The summed E-state index contributed by atoms with van der Waals surface area (Å²) in [7, 11) is -3.12. The lowest BCUT2D eigenvalue weighted by Crippen LogP contribution is -2.50. The van der Waals surface area contributed by atoms with Crippen LogP contribution in [0.4, 0.5) is 0 Å². The van der Waals surface area contributed by atoms with E-state index in [0.29, 0.717) is 6.04 Å². The summed E-state index contributed by atoms with van der Waals surface area (Å²) < 4.78 is 27.8. The number of hydrogen-bond donors (Lipinski definition) is 2. The van der Waals surface area contributed by atoms with E-state index in [1.165, 1.54) is 19.4 Å². The summed E-state index contributed by atoms with van der Waals surface area (Å²) in [6.07, 6.45) is 5.99. The normalized spacial score (nSPS) is 34.3. The maximum Gasteiger partial charge on any atom is 0.214 e. The molecule has 2 N–H and O–H groups in total. The Morgan fingerprint density at radius 1 is 1.05 bits per heavy atom. The third kappa shape index (κ3) is 3.12. The van der Waals surface area contributed by atoms with Crippen molar-refractivity contribution < 1.29 is 8.42 Å². The molecule has 0 aromatic carbocycles. The molecule has 3 saturated heterocycles.